The van der Waals surface area contributed by atoms with Crippen LogP contribution in [0.25, 0.3) is 11.3 Å². The van der Waals surface area contributed by atoms with Gasteiger partial charge in [0.1, 0.15) is 0 Å². The van der Waals surface area contributed by atoms with E-state index in [-0.39, 0.29) is 3.42 Å². The first-order valence-corrected chi connectivity index (χ1v) is 7.99. The van der Waals surface area contributed by atoms with Crippen molar-refractivity contribution in [3.63, 3.8) is 0 Å². The molecule has 0 saturated heterocycles. The molecule has 0 amide bonds. The van der Waals surface area contributed by atoms with E-state index in [2.05, 4.69) is 77.8 Å². The highest BCUT2D eigenvalue weighted by atomic mass is 127. The Kier molecular flexibility index (Phi) is 4.97. The Morgan fingerprint density at radius 3 is 2.42 bits per heavy atom. The molecule has 0 fully saturated rings. The van der Waals surface area contributed by atoms with E-state index in [9.17, 15) is 0 Å². The highest BCUT2D eigenvalue weighted by Gasteiger charge is 2.28. The van der Waals surface area contributed by atoms with Crippen LogP contribution in [0.1, 0.15) is 38.7 Å². The third-order valence-corrected chi connectivity index (χ3v) is 5.44. The minimum Gasteiger partial charge on any atom is -0.256 e. The molecule has 19 heavy (non-hydrogen) atoms. The van der Waals surface area contributed by atoms with E-state index in [0.717, 1.165) is 12.1 Å². The third-order valence-electron chi connectivity index (χ3n) is 3.56. The summed E-state index contributed by atoms with van der Waals surface area (Å²) in [5.74, 6) is 0. The molecule has 2 rings (SSSR count). The van der Waals surface area contributed by atoms with Gasteiger partial charge in [-0.1, -0.05) is 73.2 Å². The lowest BCUT2D eigenvalue weighted by Gasteiger charge is -2.28. The predicted molar refractivity (Wildman–Crippen MR) is 90.6 cm³/mol. The van der Waals surface area contributed by atoms with Gasteiger partial charge >= 0.3 is 0 Å². The van der Waals surface area contributed by atoms with Crippen LogP contribution >= 0.6 is 22.6 Å². The number of rotatable bonds is 5. The molecule has 0 saturated carbocycles. The molecule has 1 aromatic heterocycles. The first kappa shape index (κ1) is 14.5. The van der Waals surface area contributed by atoms with Gasteiger partial charge in [-0.2, -0.15) is 0 Å². The summed E-state index contributed by atoms with van der Waals surface area (Å²) in [7, 11) is 0. The number of nitrogens with zero attached hydrogens (tertiary/aromatic N) is 1. The van der Waals surface area contributed by atoms with E-state index >= 15 is 0 Å². The molecule has 2 aromatic rings. The molecule has 1 atom stereocenters. The highest BCUT2D eigenvalue weighted by Crippen LogP contribution is 2.43. The lowest BCUT2D eigenvalue weighted by atomic mass is 9.87. The second-order valence-corrected chi connectivity index (χ2v) is 6.89. The first-order chi connectivity index (χ1) is 9.21. The van der Waals surface area contributed by atoms with Gasteiger partial charge in [0.05, 0.1) is 5.69 Å². The Hall–Kier alpha value is -0.900. The zero-order valence-corrected chi connectivity index (χ0v) is 13.7. The SMILES string of the molecule is CCCC(I)(CC)c1ccccc1-c1ccccn1. The van der Waals surface area contributed by atoms with Crippen molar-refractivity contribution in [2.24, 2.45) is 0 Å². The standard InChI is InChI=1S/C17H20IN/c1-3-12-17(18,4-2)15-10-6-5-9-14(15)16-11-7-8-13-19-16/h5-11,13H,3-4,12H2,1-2H3. The molecule has 1 unspecified atom stereocenters. The molecule has 1 aromatic carbocycles. The fourth-order valence-corrected chi connectivity index (χ4v) is 3.53. The average molecular weight is 365 g/mol. The van der Waals surface area contributed by atoms with Crippen molar-refractivity contribution in [3.8, 4) is 11.3 Å². The highest BCUT2D eigenvalue weighted by molar-refractivity contribution is 14.1. The summed E-state index contributed by atoms with van der Waals surface area (Å²) in [6, 6.07) is 14.8. The van der Waals surface area contributed by atoms with Crippen LogP contribution in [0.4, 0.5) is 0 Å². The van der Waals surface area contributed by atoms with Crippen LogP contribution in [-0.4, -0.2) is 4.98 Å². The molecule has 0 aliphatic carbocycles. The molecule has 2 heteroatoms. The van der Waals surface area contributed by atoms with E-state index in [1.807, 2.05) is 12.3 Å². The van der Waals surface area contributed by atoms with Gasteiger partial charge in [0.15, 0.2) is 0 Å². The van der Waals surface area contributed by atoms with Crippen LogP contribution in [0.15, 0.2) is 48.7 Å². The topological polar surface area (TPSA) is 12.9 Å². The lowest BCUT2D eigenvalue weighted by molar-refractivity contribution is 0.570. The molecular formula is C17H20IN. The largest absolute Gasteiger partial charge is 0.256 e. The maximum Gasteiger partial charge on any atom is 0.0705 e. The summed E-state index contributed by atoms with van der Waals surface area (Å²) >= 11 is 2.63. The maximum atomic E-state index is 4.51. The number of benzene rings is 1. The molecule has 0 radical (unpaired) electrons. The van der Waals surface area contributed by atoms with E-state index < -0.39 is 0 Å². The number of aromatic nitrogens is 1. The van der Waals surface area contributed by atoms with Gasteiger partial charge < -0.3 is 0 Å². The molecule has 0 aliphatic heterocycles. The summed E-state index contributed by atoms with van der Waals surface area (Å²) in [4.78, 5) is 4.51. The molecule has 0 N–H and O–H groups in total. The normalized spacial score (nSPS) is 14.1. The zero-order valence-electron chi connectivity index (χ0n) is 11.6. The third kappa shape index (κ3) is 3.16. The van der Waals surface area contributed by atoms with Crippen LogP contribution in [0.5, 0.6) is 0 Å². The van der Waals surface area contributed by atoms with Crippen LogP contribution < -0.4 is 0 Å². The fourth-order valence-electron chi connectivity index (χ4n) is 2.52. The fraction of sp³-hybridized carbons (Fsp3) is 0.353. The average Bonchev–Trinajstić information content (AvgIpc) is 2.48. The monoisotopic (exact) mass is 365 g/mol. The number of alkyl halides is 1. The summed E-state index contributed by atoms with van der Waals surface area (Å²) in [6.45, 7) is 4.53. The maximum absolute atomic E-state index is 4.51. The minimum atomic E-state index is 0.209. The Morgan fingerprint density at radius 1 is 1.05 bits per heavy atom. The van der Waals surface area contributed by atoms with Crippen molar-refractivity contribution in [2.45, 2.75) is 36.5 Å². The molecule has 1 heterocycles. The molecule has 100 valence electrons. The molecule has 1 nitrogen and oxygen atoms in total. The molecular weight excluding hydrogens is 345 g/mol. The van der Waals surface area contributed by atoms with Crippen LogP contribution in [0, 0.1) is 0 Å². The van der Waals surface area contributed by atoms with E-state index in [4.69, 9.17) is 0 Å². The van der Waals surface area contributed by atoms with Crippen LogP contribution in [0.3, 0.4) is 0 Å². The molecule has 0 bridgehead atoms. The lowest BCUT2D eigenvalue weighted by Crippen LogP contribution is -2.17. The second-order valence-electron chi connectivity index (χ2n) is 4.83. The van der Waals surface area contributed by atoms with Crippen LogP contribution in [0.2, 0.25) is 0 Å². The van der Waals surface area contributed by atoms with Crippen molar-refractivity contribution < 1.29 is 0 Å². The Labute approximate surface area is 129 Å². The number of pyridine rings is 1. The zero-order chi connectivity index (χ0) is 13.7. The van der Waals surface area contributed by atoms with E-state index in [1.165, 1.54) is 24.0 Å². The van der Waals surface area contributed by atoms with Gasteiger partial charge in [-0.25, -0.2) is 0 Å². The van der Waals surface area contributed by atoms with E-state index in [1.54, 1.807) is 0 Å². The smallest absolute Gasteiger partial charge is 0.0705 e. The van der Waals surface area contributed by atoms with Gasteiger partial charge in [-0.15, -0.1) is 0 Å². The van der Waals surface area contributed by atoms with Gasteiger partial charge in [0, 0.05) is 15.2 Å². The first-order valence-electron chi connectivity index (χ1n) is 6.91. The van der Waals surface area contributed by atoms with Gasteiger partial charge in [-0.3, -0.25) is 4.98 Å². The molecule has 0 aliphatic rings. The Morgan fingerprint density at radius 2 is 1.79 bits per heavy atom. The minimum absolute atomic E-state index is 0.209. The summed E-state index contributed by atoms with van der Waals surface area (Å²) in [5.41, 5.74) is 3.76. The van der Waals surface area contributed by atoms with Crippen LogP contribution in [-0.2, 0) is 3.42 Å². The second kappa shape index (κ2) is 6.51. The van der Waals surface area contributed by atoms with Crippen molar-refractivity contribution in [1.82, 2.24) is 4.98 Å². The van der Waals surface area contributed by atoms with Crippen molar-refractivity contribution >= 4 is 22.6 Å². The van der Waals surface area contributed by atoms with Gasteiger partial charge in [0.25, 0.3) is 0 Å². The Bertz CT molecular complexity index is 524. The number of hydrogen-bond acceptors (Lipinski definition) is 1. The quantitative estimate of drug-likeness (QED) is 0.497. The van der Waals surface area contributed by atoms with E-state index in [0.29, 0.717) is 0 Å². The predicted octanol–water partition coefficient (Wildman–Crippen LogP) is 5.59. The molecule has 0 spiro atoms. The summed E-state index contributed by atoms with van der Waals surface area (Å²) < 4.78 is 0.209. The summed E-state index contributed by atoms with van der Waals surface area (Å²) in [5, 5.41) is 0. The van der Waals surface area contributed by atoms with Crippen molar-refractivity contribution in [2.75, 3.05) is 0 Å². The Balaban J connectivity index is 2.53. The van der Waals surface area contributed by atoms with Crippen molar-refractivity contribution in [3.05, 3.63) is 54.2 Å². The van der Waals surface area contributed by atoms with Gasteiger partial charge in [-0.05, 0) is 30.5 Å². The van der Waals surface area contributed by atoms with Crippen molar-refractivity contribution in [1.29, 1.82) is 0 Å². The van der Waals surface area contributed by atoms with Gasteiger partial charge in [0.2, 0.25) is 0 Å². The summed E-state index contributed by atoms with van der Waals surface area (Å²) in [6.07, 6.45) is 5.42. The number of halogens is 1. The number of hydrogen-bond donors (Lipinski definition) is 0.